The third-order valence-electron chi connectivity index (χ3n) is 7.91. The zero-order valence-corrected chi connectivity index (χ0v) is 26.2. The number of aldehydes is 1. The number of rotatable bonds is 11. The van der Waals surface area contributed by atoms with Gasteiger partial charge in [-0.2, -0.15) is 0 Å². The minimum absolute atomic E-state index is 0.125. The monoisotopic (exact) mass is 524 g/mol. The van der Waals surface area contributed by atoms with Gasteiger partial charge in [0.25, 0.3) is 8.32 Å². The predicted molar refractivity (Wildman–Crippen MR) is 159 cm³/mol. The van der Waals surface area contributed by atoms with Crippen LogP contribution >= 0.6 is 0 Å². The van der Waals surface area contributed by atoms with Crippen LogP contribution in [0, 0.1) is 11.3 Å². The van der Waals surface area contributed by atoms with E-state index in [0.29, 0.717) is 13.2 Å². The first-order chi connectivity index (χ1) is 16.6. The van der Waals surface area contributed by atoms with E-state index in [9.17, 15) is 4.79 Å². The molecule has 1 atom stereocenters. The Bertz CT molecular complexity index is 944. The van der Waals surface area contributed by atoms with Crippen LogP contribution in [0.3, 0.4) is 0 Å². The van der Waals surface area contributed by atoms with Gasteiger partial charge in [-0.15, -0.1) is 0 Å². The average molecular weight is 525 g/mol. The third-order valence-corrected chi connectivity index (χ3v) is 17.4. The van der Waals surface area contributed by atoms with Gasteiger partial charge in [-0.25, -0.2) is 0 Å². The van der Waals surface area contributed by atoms with Crippen molar-refractivity contribution in [3.63, 3.8) is 0 Å². The molecule has 36 heavy (non-hydrogen) atoms. The first-order valence-corrected chi connectivity index (χ1v) is 17.9. The lowest BCUT2D eigenvalue weighted by Crippen LogP contribution is -2.67. The van der Waals surface area contributed by atoms with Crippen molar-refractivity contribution in [2.24, 2.45) is 11.3 Å². The van der Waals surface area contributed by atoms with E-state index < -0.39 is 16.6 Å². The molecule has 2 rings (SSSR count). The van der Waals surface area contributed by atoms with E-state index in [1.165, 1.54) is 10.4 Å². The first kappa shape index (κ1) is 30.4. The molecule has 0 bridgehead atoms. The van der Waals surface area contributed by atoms with Crippen LogP contribution in [-0.4, -0.2) is 36.1 Å². The summed E-state index contributed by atoms with van der Waals surface area (Å²) in [6.45, 7) is 23.2. The summed E-state index contributed by atoms with van der Waals surface area (Å²) in [5.41, 5.74) is -0.357. The molecule has 5 heteroatoms. The summed E-state index contributed by atoms with van der Waals surface area (Å²) in [5.74, 6) is -0.275. The van der Waals surface area contributed by atoms with E-state index in [-0.39, 0.29) is 21.4 Å². The highest BCUT2D eigenvalue weighted by atomic mass is 28.4. The summed E-state index contributed by atoms with van der Waals surface area (Å²) >= 11 is 0. The normalized spacial score (nSPS) is 14.7. The zero-order valence-electron chi connectivity index (χ0n) is 24.2. The lowest BCUT2D eigenvalue weighted by atomic mass is 9.80. The Hall–Kier alpha value is -1.80. The molecule has 198 valence electrons. The minimum Gasteiger partial charge on any atom is -0.413 e. The van der Waals surface area contributed by atoms with Gasteiger partial charge in [0.05, 0.1) is 6.61 Å². The molecule has 1 unspecified atom stereocenters. The Labute approximate surface area is 222 Å². The second kappa shape index (κ2) is 11.7. The Morgan fingerprint density at radius 3 is 1.61 bits per heavy atom. The molecule has 0 saturated heterocycles. The summed E-state index contributed by atoms with van der Waals surface area (Å²) in [4.78, 5) is 12.4. The molecule has 0 aliphatic rings. The van der Waals surface area contributed by atoms with E-state index in [0.717, 1.165) is 6.29 Å². The number of hydrogen-bond donors (Lipinski definition) is 0. The third kappa shape index (κ3) is 6.94. The van der Waals surface area contributed by atoms with Gasteiger partial charge in [0.1, 0.15) is 6.29 Å². The van der Waals surface area contributed by atoms with Crippen molar-refractivity contribution in [2.45, 2.75) is 78.6 Å². The topological polar surface area (TPSA) is 35.5 Å². The molecule has 0 aliphatic heterocycles. The van der Waals surface area contributed by atoms with Crippen LogP contribution in [0.4, 0.5) is 0 Å². The number of hydrogen-bond acceptors (Lipinski definition) is 3. The molecule has 0 fully saturated rings. The summed E-state index contributed by atoms with van der Waals surface area (Å²) in [5, 5.41) is 2.50. The fraction of sp³-hybridized carbons (Fsp3) is 0.516. The largest absolute Gasteiger partial charge is 0.413 e. The molecular weight excluding hydrogens is 477 g/mol. The second-order valence-electron chi connectivity index (χ2n) is 13.0. The summed E-state index contributed by atoms with van der Waals surface area (Å²) < 4.78 is 13.4. The molecule has 0 amide bonds. The fourth-order valence-electron chi connectivity index (χ4n) is 4.35. The highest BCUT2D eigenvalue weighted by Gasteiger charge is 2.50. The number of allylic oxidation sites excluding steroid dienone is 1. The van der Waals surface area contributed by atoms with E-state index in [1.807, 2.05) is 12.1 Å². The average Bonchev–Trinajstić information content (AvgIpc) is 2.79. The molecule has 2 aromatic rings. The summed E-state index contributed by atoms with van der Waals surface area (Å²) in [7, 11) is -4.51. The quantitative estimate of drug-likeness (QED) is 0.181. The second-order valence-corrected chi connectivity index (χ2v) is 22.1. The van der Waals surface area contributed by atoms with Gasteiger partial charge in [0.15, 0.2) is 8.32 Å². The smallest absolute Gasteiger partial charge is 0.261 e. The Balaban J connectivity index is 2.33. The van der Waals surface area contributed by atoms with Crippen LogP contribution in [0.15, 0.2) is 72.8 Å². The molecule has 3 nitrogen and oxygen atoms in total. The van der Waals surface area contributed by atoms with Crippen molar-refractivity contribution in [1.82, 2.24) is 0 Å². The molecule has 0 saturated carbocycles. The predicted octanol–water partition coefficient (Wildman–Crippen LogP) is 6.98. The summed E-state index contributed by atoms with van der Waals surface area (Å²) in [6, 6.07) is 21.2. The molecule has 0 radical (unpaired) electrons. The highest BCUT2D eigenvalue weighted by molar-refractivity contribution is 6.99. The molecule has 0 heterocycles. The Kier molecular flexibility index (Phi) is 9.91. The van der Waals surface area contributed by atoms with Crippen molar-refractivity contribution in [3.8, 4) is 0 Å². The maximum Gasteiger partial charge on any atom is 0.261 e. The van der Waals surface area contributed by atoms with Gasteiger partial charge >= 0.3 is 0 Å². The zero-order chi connectivity index (χ0) is 27.3. The van der Waals surface area contributed by atoms with Crippen LogP contribution in [0.1, 0.15) is 55.4 Å². The molecular formula is C31H48O3Si2. The van der Waals surface area contributed by atoms with Crippen LogP contribution in [0.5, 0.6) is 0 Å². The van der Waals surface area contributed by atoms with Crippen molar-refractivity contribution in [2.75, 3.05) is 13.2 Å². The van der Waals surface area contributed by atoms with Crippen molar-refractivity contribution in [3.05, 3.63) is 72.8 Å². The van der Waals surface area contributed by atoms with Gasteiger partial charge in [-0.1, -0.05) is 128 Å². The van der Waals surface area contributed by atoms with Crippen molar-refractivity contribution >= 4 is 33.3 Å². The number of carbonyl (C=O) groups is 1. The molecule has 0 aromatic heterocycles. The lowest BCUT2D eigenvalue weighted by Gasteiger charge is -2.44. The Morgan fingerprint density at radius 1 is 0.750 bits per heavy atom. The summed E-state index contributed by atoms with van der Waals surface area (Å²) in [6.07, 6.45) is 5.28. The van der Waals surface area contributed by atoms with Crippen LogP contribution in [0.2, 0.25) is 23.2 Å². The standard InChI is InChI=1S/C31H48O3Si2/c1-29(2,3)35(9,10)33-23-17-22-31(7,8)26(24-32)25-34-36(30(4,5)6,27-18-13-11-14-19-27)28-20-15-12-16-21-28/h11-22,24,26H,23,25H2,1-10H3/b22-17+. The van der Waals surface area contributed by atoms with E-state index in [2.05, 4.69) is 129 Å². The van der Waals surface area contributed by atoms with E-state index >= 15 is 0 Å². The van der Waals surface area contributed by atoms with Gasteiger partial charge in [0, 0.05) is 12.5 Å². The maximum absolute atomic E-state index is 12.4. The van der Waals surface area contributed by atoms with E-state index in [4.69, 9.17) is 8.85 Å². The van der Waals surface area contributed by atoms with Crippen LogP contribution in [0.25, 0.3) is 0 Å². The van der Waals surface area contributed by atoms with E-state index in [1.54, 1.807) is 0 Å². The van der Waals surface area contributed by atoms with Crippen molar-refractivity contribution < 1.29 is 13.6 Å². The molecule has 0 spiro atoms. The van der Waals surface area contributed by atoms with Gasteiger partial charge in [0.2, 0.25) is 0 Å². The number of benzene rings is 2. The van der Waals surface area contributed by atoms with Crippen LogP contribution in [-0.2, 0) is 13.6 Å². The van der Waals surface area contributed by atoms with Crippen LogP contribution < -0.4 is 10.4 Å². The number of carbonyl (C=O) groups excluding carboxylic acids is 1. The minimum atomic E-state index is -2.69. The lowest BCUT2D eigenvalue weighted by molar-refractivity contribution is -0.114. The first-order valence-electron chi connectivity index (χ1n) is 13.1. The maximum atomic E-state index is 12.4. The molecule has 0 aliphatic carbocycles. The SMILES string of the molecule is CC(C)(/C=C/CO[Si](C)(C)C(C)(C)C)C(C=O)CO[Si](c1ccccc1)(c1ccccc1)C(C)(C)C. The van der Waals surface area contributed by atoms with Gasteiger partial charge in [-0.3, -0.25) is 0 Å². The fourth-order valence-corrected chi connectivity index (χ4v) is 9.89. The van der Waals surface area contributed by atoms with Gasteiger partial charge in [-0.05, 0) is 39.0 Å². The molecule has 2 aromatic carbocycles. The highest BCUT2D eigenvalue weighted by Crippen LogP contribution is 2.39. The van der Waals surface area contributed by atoms with Crippen molar-refractivity contribution in [1.29, 1.82) is 0 Å². The van der Waals surface area contributed by atoms with Gasteiger partial charge < -0.3 is 13.6 Å². The Morgan fingerprint density at radius 2 is 1.22 bits per heavy atom. The molecule has 0 N–H and O–H groups in total.